The summed E-state index contributed by atoms with van der Waals surface area (Å²) < 4.78 is 63.3. The molecule has 6 unspecified atom stereocenters. The van der Waals surface area contributed by atoms with E-state index in [-0.39, 0.29) is 37.3 Å². The Morgan fingerprint density at radius 3 is 2.13 bits per heavy atom. The van der Waals surface area contributed by atoms with Crippen LogP contribution in [0.1, 0.15) is 35.6 Å². The SMILES string of the molecule is COc1cc([C@@H]2c3cc4c(cc3[C@@H](OC3OC5COC(C)OC5C(O)C3O)[C@H]3COC(=O)[C@H]23)OCO4)cc(OC)c1O[C@@H]1O[C@H](C(=O)[O-])[C@@H](O)[C@H](O)[C@H]1O. The van der Waals surface area contributed by atoms with Gasteiger partial charge in [-0.1, -0.05) is 0 Å². The van der Waals surface area contributed by atoms with Crippen LogP contribution in [-0.2, 0) is 38.0 Å². The molecule has 19 heteroatoms. The molecule has 0 radical (unpaired) electrons. The van der Waals surface area contributed by atoms with Crippen molar-refractivity contribution in [2.75, 3.05) is 34.2 Å². The normalized spacial score (nSPS) is 39.5. The van der Waals surface area contributed by atoms with Crippen LogP contribution >= 0.6 is 0 Å². The molecule has 54 heavy (non-hydrogen) atoms. The fraction of sp³-hybridized carbons (Fsp3) is 0.600. The largest absolute Gasteiger partial charge is 0.547 e. The lowest BCUT2D eigenvalue weighted by molar-refractivity contribution is -0.364. The van der Waals surface area contributed by atoms with Gasteiger partial charge in [-0.15, -0.1) is 0 Å². The maximum absolute atomic E-state index is 13.7. The van der Waals surface area contributed by atoms with Crippen molar-refractivity contribution in [1.29, 1.82) is 0 Å². The van der Waals surface area contributed by atoms with E-state index in [1.54, 1.807) is 31.2 Å². The Labute approximate surface area is 306 Å². The molecule has 2 aromatic rings. The number of rotatable bonds is 8. The third-order valence-corrected chi connectivity index (χ3v) is 10.8. The molecule has 2 aromatic carbocycles. The second-order valence-corrected chi connectivity index (χ2v) is 13.8. The van der Waals surface area contributed by atoms with Gasteiger partial charge in [0.2, 0.25) is 18.8 Å². The van der Waals surface area contributed by atoms with E-state index in [0.717, 1.165) is 0 Å². The molecule has 0 saturated carbocycles. The molecule has 4 fully saturated rings. The second kappa shape index (κ2) is 14.2. The fourth-order valence-electron chi connectivity index (χ4n) is 8.09. The van der Waals surface area contributed by atoms with E-state index in [2.05, 4.69) is 0 Å². The van der Waals surface area contributed by atoms with E-state index in [9.17, 15) is 40.2 Å². The number of cyclic esters (lactones) is 1. The summed E-state index contributed by atoms with van der Waals surface area (Å²) in [5.41, 5.74) is 1.58. The van der Waals surface area contributed by atoms with E-state index in [1.807, 2.05) is 0 Å². The number of benzene rings is 2. The molecule has 294 valence electrons. The topological polar surface area (TPSA) is 260 Å². The maximum atomic E-state index is 13.7. The van der Waals surface area contributed by atoms with Gasteiger partial charge in [-0.2, -0.15) is 0 Å². The lowest BCUT2D eigenvalue weighted by Gasteiger charge is -2.47. The summed E-state index contributed by atoms with van der Waals surface area (Å²) in [5.74, 6) is -4.07. The van der Waals surface area contributed by atoms with Gasteiger partial charge in [0.25, 0.3) is 0 Å². The number of esters is 1. The van der Waals surface area contributed by atoms with Crippen LogP contribution in [0.2, 0.25) is 0 Å². The van der Waals surface area contributed by atoms with Gasteiger partial charge in [0.15, 0.2) is 35.6 Å². The van der Waals surface area contributed by atoms with Gasteiger partial charge >= 0.3 is 5.97 Å². The third-order valence-electron chi connectivity index (χ3n) is 10.8. The zero-order valence-corrected chi connectivity index (χ0v) is 29.0. The molecular weight excluding hydrogens is 724 g/mol. The minimum Gasteiger partial charge on any atom is -0.547 e. The lowest BCUT2D eigenvalue weighted by atomic mass is 9.66. The highest BCUT2D eigenvalue weighted by Gasteiger charge is 2.56. The Morgan fingerprint density at radius 2 is 1.46 bits per heavy atom. The van der Waals surface area contributed by atoms with E-state index >= 15 is 0 Å². The molecule has 0 spiro atoms. The summed E-state index contributed by atoms with van der Waals surface area (Å²) in [7, 11) is 2.63. The summed E-state index contributed by atoms with van der Waals surface area (Å²) in [6, 6.07) is 6.53. The molecule has 8 rings (SSSR count). The minimum atomic E-state index is -2.03. The van der Waals surface area contributed by atoms with Crippen molar-refractivity contribution in [2.45, 2.75) is 86.6 Å². The van der Waals surface area contributed by atoms with Crippen LogP contribution in [0, 0.1) is 11.8 Å². The van der Waals surface area contributed by atoms with Crippen LogP contribution < -0.4 is 28.8 Å². The Bertz CT molecular complexity index is 1740. The number of ether oxygens (including phenoxy) is 11. The predicted molar refractivity (Wildman–Crippen MR) is 169 cm³/mol. The Hall–Kier alpha value is -4.02. The highest BCUT2D eigenvalue weighted by molar-refractivity contribution is 5.79. The van der Waals surface area contributed by atoms with Crippen molar-refractivity contribution in [3.05, 3.63) is 41.0 Å². The van der Waals surface area contributed by atoms with Gasteiger partial charge < -0.3 is 87.5 Å². The van der Waals surface area contributed by atoms with Crippen LogP contribution in [0.5, 0.6) is 28.7 Å². The van der Waals surface area contributed by atoms with Crippen LogP contribution in [0.4, 0.5) is 0 Å². The van der Waals surface area contributed by atoms with Crippen molar-refractivity contribution in [2.24, 2.45) is 11.8 Å². The molecular formula is C35H39O19-. The molecule has 19 nitrogen and oxygen atoms in total. The summed E-state index contributed by atoms with van der Waals surface area (Å²) in [4.78, 5) is 25.3. The number of hydrogen-bond donors (Lipinski definition) is 5. The van der Waals surface area contributed by atoms with Gasteiger partial charge in [0.05, 0.1) is 45.4 Å². The lowest BCUT2D eigenvalue weighted by Crippen LogP contribution is -2.63. The van der Waals surface area contributed by atoms with Gasteiger partial charge in [-0.05, 0) is 47.9 Å². The first-order valence-corrected chi connectivity index (χ1v) is 17.3. The van der Waals surface area contributed by atoms with Crippen molar-refractivity contribution in [3.63, 3.8) is 0 Å². The first kappa shape index (κ1) is 36.9. The van der Waals surface area contributed by atoms with E-state index in [0.29, 0.717) is 28.2 Å². The number of carbonyl (C=O) groups is 2. The number of carbonyl (C=O) groups excluding carboxylic acids is 2. The molecule has 4 saturated heterocycles. The first-order valence-electron chi connectivity index (χ1n) is 17.3. The van der Waals surface area contributed by atoms with Crippen LogP contribution in [0.3, 0.4) is 0 Å². The van der Waals surface area contributed by atoms with Gasteiger partial charge in [0.1, 0.15) is 48.8 Å². The zero-order valence-electron chi connectivity index (χ0n) is 29.0. The maximum Gasteiger partial charge on any atom is 0.310 e. The third kappa shape index (κ3) is 6.08. The Morgan fingerprint density at radius 1 is 0.796 bits per heavy atom. The van der Waals surface area contributed by atoms with Crippen molar-refractivity contribution in [1.82, 2.24) is 0 Å². The molecule has 0 aromatic heterocycles. The van der Waals surface area contributed by atoms with Crippen LogP contribution in [-0.4, -0.2) is 139 Å². The quantitative estimate of drug-likeness (QED) is 0.175. The van der Waals surface area contributed by atoms with Gasteiger partial charge in [-0.3, -0.25) is 4.79 Å². The average molecular weight is 764 g/mol. The zero-order chi connectivity index (χ0) is 38.2. The smallest absolute Gasteiger partial charge is 0.310 e. The number of aliphatic carboxylic acids is 1. The molecule has 6 aliphatic rings. The molecule has 5 heterocycles. The van der Waals surface area contributed by atoms with Gasteiger partial charge in [0, 0.05) is 11.8 Å². The molecule has 5 N–H and O–H groups in total. The molecule has 0 amide bonds. The summed E-state index contributed by atoms with van der Waals surface area (Å²) in [6.45, 7) is 1.62. The number of methoxy groups -OCH3 is 2. The van der Waals surface area contributed by atoms with E-state index in [4.69, 9.17) is 52.1 Å². The highest BCUT2D eigenvalue weighted by atomic mass is 16.8. The monoisotopic (exact) mass is 763 g/mol. The van der Waals surface area contributed by atoms with Crippen LogP contribution in [0.15, 0.2) is 24.3 Å². The second-order valence-electron chi connectivity index (χ2n) is 13.8. The van der Waals surface area contributed by atoms with E-state index < -0.39 is 103 Å². The standard InChI is InChI=1S/C35H40O19/c1-11-46-9-20-30(50-11)25(38)27(40)34(51-20)52-28-14-7-17-16(48-10-49-17)6-13(14)21(22-15(28)8-47-33(22)43)12-4-18(44-2)29(19(5-12)45-3)53-35-26(39)23(36)24(37)31(54-35)32(41)42/h4-7,11,15,20-28,30-31,34-40H,8-10H2,1-3H3,(H,41,42)/p-1/t11?,15-,20?,21+,22-,23-,24-,25?,26+,27?,28+,30?,31-,34?,35+/m0/s1. The predicted octanol–water partition coefficient (Wildman–Crippen LogP) is -2.43. The molecule has 15 atom stereocenters. The summed E-state index contributed by atoms with van der Waals surface area (Å²) in [6.07, 6.45) is -17.1. The summed E-state index contributed by atoms with van der Waals surface area (Å²) >= 11 is 0. The highest BCUT2D eigenvalue weighted by Crippen LogP contribution is 2.57. The van der Waals surface area contributed by atoms with Crippen molar-refractivity contribution < 1.29 is 92.3 Å². The number of carboxylic acid groups (broad SMARTS) is 1. The van der Waals surface area contributed by atoms with Crippen LogP contribution in [0.25, 0.3) is 0 Å². The molecule has 1 aliphatic carbocycles. The average Bonchev–Trinajstić information content (AvgIpc) is 3.79. The fourth-order valence-corrected chi connectivity index (χ4v) is 8.09. The first-order chi connectivity index (χ1) is 25.9. The van der Waals surface area contributed by atoms with Gasteiger partial charge in [-0.25, -0.2) is 0 Å². The number of aliphatic hydroxyl groups excluding tert-OH is 5. The number of fused-ring (bicyclic) bond motifs is 4. The Balaban J connectivity index is 1.17. The number of hydrogen-bond acceptors (Lipinski definition) is 19. The Kier molecular flexibility index (Phi) is 9.74. The molecule has 5 aliphatic heterocycles. The summed E-state index contributed by atoms with van der Waals surface area (Å²) in [5, 5.41) is 64.9. The van der Waals surface area contributed by atoms with Crippen molar-refractivity contribution in [3.8, 4) is 28.7 Å². The molecule has 0 bridgehead atoms. The minimum absolute atomic E-state index is 0.00264. The van der Waals surface area contributed by atoms with Crippen molar-refractivity contribution >= 4 is 11.9 Å². The number of aliphatic hydroxyl groups is 5. The van der Waals surface area contributed by atoms with E-state index in [1.165, 1.54) is 14.2 Å². The number of carboxylic acids is 1.